The van der Waals surface area contributed by atoms with E-state index in [1.165, 1.54) is 22.0 Å². The van der Waals surface area contributed by atoms with Crippen LogP contribution in [0.15, 0.2) is 34.4 Å². The minimum Gasteiger partial charge on any atom is -0.459 e. The molecule has 0 radical (unpaired) electrons. The number of furan rings is 1. The molecule has 0 saturated carbocycles. The molecule has 0 unspecified atom stereocenters. The molecule has 130 valence electrons. The first kappa shape index (κ1) is 15.6. The summed E-state index contributed by atoms with van der Waals surface area (Å²) >= 11 is 1.35. The average Bonchev–Trinajstić information content (AvgIpc) is 3.31. The summed E-state index contributed by atoms with van der Waals surface area (Å²) in [5.74, 6) is 0.436. The van der Waals surface area contributed by atoms with Crippen LogP contribution in [-0.2, 0) is 0 Å². The number of imidazole rings is 1. The summed E-state index contributed by atoms with van der Waals surface area (Å²) in [6.45, 7) is 1.13. The van der Waals surface area contributed by atoms with Crippen molar-refractivity contribution in [1.29, 1.82) is 0 Å². The Morgan fingerprint density at radius 2 is 2.24 bits per heavy atom. The van der Waals surface area contributed by atoms with E-state index in [4.69, 9.17) is 4.42 Å². The molecule has 10 heteroatoms. The number of nitrogens with one attached hydrogen (secondary N) is 1. The van der Waals surface area contributed by atoms with Crippen LogP contribution >= 0.6 is 11.3 Å². The van der Waals surface area contributed by atoms with Gasteiger partial charge in [0.1, 0.15) is 6.20 Å². The average molecular weight is 361 g/mol. The van der Waals surface area contributed by atoms with Crippen molar-refractivity contribution in [1.82, 2.24) is 14.3 Å². The first-order valence-electron chi connectivity index (χ1n) is 7.83. The SMILES string of the molecule is O=C(c1ccco1)N1CCC(Nc2nc3sccn3c2[N+](=O)[O-])CC1. The summed E-state index contributed by atoms with van der Waals surface area (Å²) in [5, 5.41) is 16.3. The Balaban J connectivity index is 1.44. The molecule has 1 aliphatic rings. The van der Waals surface area contributed by atoms with Crippen molar-refractivity contribution in [3.8, 4) is 0 Å². The molecule has 1 fully saturated rings. The van der Waals surface area contributed by atoms with Gasteiger partial charge >= 0.3 is 5.82 Å². The normalized spacial score (nSPS) is 15.6. The number of nitro groups is 1. The molecule has 1 aliphatic heterocycles. The minimum atomic E-state index is -0.426. The molecule has 1 saturated heterocycles. The van der Waals surface area contributed by atoms with Crippen LogP contribution in [0.4, 0.5) is 11.6 Å². The fraction of sp³-hybridized carbons (Fsp3) is 0.333. The van der Waals surface area contributed by atoms with Crippen LogP contribution in [0.2, 0.25) is 0 Å². The molecule has 0 aliphatic carbocycles. The maximum absolute atomic E-state index is 12.3. The highest BCUT2D eigenvalue weighted by molar-refractivity contribution is 7.15. The number of aromatic nitrogens is 2. The van der Waals surface area contributed by atoms with Gasteiger partial charge in [-0.1, -0.05) is 11.3 Å². The fourth-order valence-electron chi connectivity index (χ4n) is 3.02. The Morgan fingerprint density at radius 3 is 2.92 bits per heavy atom. The number of nitrogens with zero attached hydrogens (tertiary/aromatic N) is 4. The number of anilines is 1. The number of hydrogen-bond donors (Lipinski definition) is 1. The Bertz CT molecular complexity index is 908. The van der Waals surface area contributed by atoms with Gasteiger partial charge in [-0.15, -0.1) is 0 Å². The van der Waals surface area contributed by atoms with Gasteiger partial charge in [0, 0.05) is 24.5 Å². The van der Waals surface area contributed by atoms with Crippen LogP contribution in [0.5, 0.6) is 0 Å². The maximum Gasteiger partial charge on any atom is 0.372 e. The number of fused-ring (bicyclic) bond motifs is 1. The van der Waals surface area contributed by atoms with E-state index >= 15 is 0 Å². The molecule has 0 spiro atoms. The lowest BCUT2D eigenvalue weighted by atomic mass is 10.0. The van der Waals surface area contributed by atoms with Gasteiger partial charge in [-0.05, 0) is 29.9 Å². The molecule has 4 rings (SSSR count). The van der Waals surface area contributed by atoms with Crippen molar-refractivity contribution >= 4 is 33.8 Å². The van der Waals surface area contributed by atoms with E-state index in [1.54, 1.807) is 28.6 Å². The second-order valence-electron chi connectivity index (χ2n) is 5.78. The van der Waals surface area contributed by atoms with Crippen molar-refractivity contribution in [2.75, 3.05) is 18.4 Å². The lowest BCUT2D eigenvalue weighted by Crippen LogP contribution is -2.42. The highest BCUT2D eigenvalue weighted by Crippen LogP contribution is 2.29. The van der Waals surface area contributed by atoms with Gasteiger partial charge in [-0.3, -0.25) is 4.79 Å². The predicted octanol–water partition coefficient (Wildman–Crippen LogP) is 2.61. The minimum absolute atomic E-state index is 0.0314. The summed E-state index contributed by atoms with van der Waals surface area (Å²) in [6.07, 6.45) is 4.50. The number of likely N-dealkylation sites (tertiary alicyclic amines) is 1. The van der Waals surface area contributed by atoms with Crippen LogP contribution in [-0.4, -0.2) is 44.2 Å². The van der Waals surface area contributed by atoms with E-state index in [2.05, 4.69) is 10.3 Å². The van der Waals surface area contributed by atoms with Gasteiger partial charge in [-0.2, -0.15) is 9.38 Å². The summed E-state index contributed by atoms with van der Waals surface area (Å²) in [6, 6.07) is 3.36. The third-order valence-electron chi connectivity index (χ3n) is 4.26. The standard InChI is InChI=1S/C15H15N5O4S/c21-14(11-2-1-8-24-11)18-5-3-10(4-6-18)16-12-13(20(22)23)19-7-9-25-15(19)17-12/h1-2,7-10,16H,3-6H2. The lowest BCUT2D eigenvalue weighted by Gasteiger charge is -2.31. The van der Waals surface area contributed by atoms with Crippen molar-refractivity contribution < 1.29 is 14.1 Å². The zero-order valence-electron chi connectivity index (χ0n) is 13.1. The summed E-state index contributed by atoms with van der Waals surface area (Å²) < 4.78 is 6.62. The van der Waals surface area contributed by atoms with E-state index < -0.39 is 4.92 Å². The van der Waals surface area contributed by atoms with E-state index in [0.29, 0.717) is 36.7 Å². The highest BCUT2D eigenvalue weighted by atomic mass is 32.1. The van der Waals surface area contributed by atoms with Gasteiger partial charge in [0.2, 0.25) is 5.82 Å². The van der Waals surface area contributed by atoms with Crippen molar-refractivity contribution in [3.63, 3.8) is 0 Å². The molecule has 3 aromatic heterocycles. The smallest absolute Gasteiger partial charge is 0.372 e. The number of hydrogen-bond acceptors (Lipinski definition) is 7. The largest absolute Gasteiger partial charge is 0.459 e. The first-order chi connectivity index (χ1) is 12.1. The molecule has 3 aromatic rings. The molecule has 0 bridgehead atoms. The Hall–Kier alpha value is -2.88. The third kappa shape index (κ3) is 2.84. The van der Waals surface area contributed by atoms with Crippen molar-refractivity contribution in [2.24, 2.45) is 0 Å². The van der Waals surface area contributed by atoms with Crippen LogP contribution < -0.4 is 5.32 Å². The summed E-state index contributed by atoms with van der Waals surface area (Å²) in [4.78, 5) is 29.8. The number of thiazole rings is 1. The van der Waals surface area contributed by atoms with Gasteiger partial charge in [0.05, 0.1) is 6.26 Å². The quantitative estimate of drug-likeness (QED) is 0.565. The molecule has 25 heavy (non-hydrogen) atoms. The van der Waals surface area contributed by atoms with Crippen LogP contribution in [0.1, 0.15) is 23.4 Å². The number of carbonyl (C=O) groups excluding carboxylic acids is 1. The Kier molecular flexibility index (Phi) is 3.88. The molecular formula is C15H15N5O4S. The van der Waals surface area contributed by atoms with Gasteiger partial charge < -0.3 is 24.7 Å². The highest BCUT2D eigenvalue weighted by Gasteiger charge is 2.29. The van der Waals surface area contributed by atoms with Gasteiger partial charge in [-0.25, -0.2) is 0 Å². The second kappa shape index (κ2) is 6.20. The number of piperidine rings is 1. The summed E-state index contributed by atoms with van der Waals surface area (Å²) in [5.41, 5.74) is 0. The number of rotatable bonds is 4. The fourth-order valence-corrected chi connectivity index (χ4v) is 3.73. The molecule has 1 N–H and O–H groups in total. The van der Waals surface area contributed by atoms with Crippen LogP contribution in [0.25, 0.3) is 4.96 Å². The molecule has 4 heterocycles. The van der Waals surface area contributed by atoms with Gasteiger partial charge in [0.15, 0.2) is 5.76 Å². The molecular weight excluding hydrogens is 346 g/mol. The zero-order valence-corrected chi connectivity index (χ0v) is 13.9. The number of amides is 1. The molecule has 9 nitrogen and oxygen atoms in total. The Morgan fingerprint density at radius 1 is 1.44 bits per heavy atom. The topological polar surface area (TPSA) is 106 Å². The van der Waals surface area contributed by atoms with Crippen LogP contribution in [0, 0.1) is 10.1 Å². The van der Waals surface area contributed by atoms with E-state index in [9.17, 15) is 14.9 Å². The van der Waals surface area contributed by atoms with Crippen molar-refractivity contribution in [2.45, 2.75) is 18.9 Å². The first-order valence-corrected chi connectivity index (χ1v) is 8.70. The third-order valence-corrected chi connectivity index (χ3v) is 5.02. The predicted molar refractivity (Wildman–Crippen MR) is 91.0 cm³/mol. The van der Waals surface area contributed by atoms with Gasteiger partial charge in [0.25, 0.3) is 10.9 Å². The zero-order chi connectivity index (χ0) is 17.4. The monoisotopic (exact) mass is 361 g/mol. The molecule has 1 amide bonds. The van der Waals surface area contributed by atoms with Crippen molar-refractivity contribution in [3.05, 3.63) is 45.8 Å². The maximum atomic E-state index is 12.3. The second-order valence-corrected chi connectivity index (χ2v) is 6.66. The van der Waals surface area contributed by atoms with E-state index in [0.717, 1.165) is 0 Å². The van der Waals surface area contributed by atoms with E-state index in [-0.39, 0.29) is 23.6 Å². The lowest BCUT2D eigenvalue weighted by molar-refractivity contribution is -0.389. The molecule has 0 aromatic carbocycles. The Labute approximate surface area is 146 Å². The van der Waals surface area contributed by atoms with Crippen LogP contribution in [0.3, 0.4) is 0 Å². The summed E-state index contributed by atoms with van der Waals surface area (Å²) in [7, 11) is 0. The number of carbonyl (C=O) groups is 1. The van der Waals surface area contributed by atoms with E-state index in [1.807, 2.05) is 0 Å². The molecule has 0 atom stereocenters.